The molecule has 0 bridgehead atoms. The summed E-state index contributed by atoms with van der Waals surface area (Å²) < 4.78 is 23.8. The molecule has 0 saturated heterocycles. The maximum Gasteiger partial charge on any atom is 0.162 e. The minimum absolute atomic E-state index is 0.00543. The number of ketones is 1. The Bertz CT molecular complexity index is 379. The third-order valence-electron chi connectivity index (χ3n) is 2.62. The average molecular weight is 268 g/mol. The Kier molecular flexibility index (Phi) is 8.02. The molecule has 1 rings (SSSR count). The quantitative estimate of drug-likeness (QED) is 0.612. The van der Waals surface area contributed by atoms with Crippen molar-refractivity contribution in [3.63, 3.8) is 0 Å². The van der Waals surface area contributed by atoms with E-state index in [1.54, 1.807) is 18.2 Å². The summed E-state index contributed by atoms with van der Waals surface area (Å²) in [6, 6.07) is 6.29. The second-order valence-electron chi connectivity index (χ2n) is 4.33. The minimum Gasteiger partial charge on any atom is -0.379 e. The van der Waals surface area contributed by atoms with Crippen LogP contribution >= 0.6 is 0 Å². The van der Waals surface area contributed by atoms with E-state index in [2.05, 4.69) is 6.92 Å². The summed E-state index contributed by atoms with van der Waals surface area (Å²) in [4.78, 5) is 11.6. The third-order valence-corrected chi connectivity index (χ3v) is 2.62. The standard InChI is InChI=1S/C15H21FO3/c1-2-3-8-18-9-10-19-12-14(17)11-13-6-4-5-7-15(13)16/h4-7H,2-3,8-12H2,1H3. The van der Waals surface area contributed by atoms with Gasteiger partial charge in [0, 0.05) is 13.0 Å². The van der Waals surface area contributed by atoms with Gasteiger partial charge in [0.1, 0.15) is 12.4 Å². The maximum absolute atomic E-state index is 13.3. The van der Waals surface area contributed by atoms with Crippen molar-refractivity contribution in [1.82, 2.24) is 0 Å². The normalized spacial score (nSPS) is 10.6. The van der Waals surface area contributed by atoms with Crippen LogP contribution in [-0.2, 0) is 20.7 Å². The number of carbonyl (C=O) groups is 1. The smallest absolute Gasteiger partial charge is 0.162 e. The van der Waals surface area contributed by atoms with Crippen LogP contribution < -0.4 is 0 Å². The molecule has 0 N–H and O–H groups in total. The molecular weight excluding hydrogens is 247 g/mol. The zero-order valence-corrected chi connectivity index (χ0v) is 11.4. The number of hydrogen-bond acceptors (Lipinski definition) is 3. The van der Waals surface area contributed by atoms with Crippen LogP contribution in [0.15, 0.2) is 24.3 Å². The molecule has 0 fully saturated rings. The fourth-order valence-electron chi connectivity index (χ4n) is 1.56. The monoisotopic (exact) mass is 268 g/mol. The van der Waals surface area contributed by atoms with Gasteiger partial charge in [0.25, 0.3) is 0 Å². The van der Waals surface area contributed by atoms with Gasteiger partial charge in [-0.25, -0.2) is 4.39 Å². The van der Waals surface area contributed by atoms with Crippen LogP contribution in [0.2, 0.25) is 0 Å². The molecule has 0 aliphatic carbocycles. The molecule has 4 heteroatoms. The van der Waals surface area contributed by atoms with Crippen molar-refractivity contribution in [3.8, 4) is 0 Å². The van der Waals surface area contributed by atoms with Gasteiger partial charge in [0.15, 0.2) is 5.78 Å². The van der Waals surface area contributed by atoms with Gasteiger partial charge < -0.3 is 9.47 Å². The number of Topliss-reactive ketones (excluding diaryl/α,β-unsaturated/α-hetero) is 1. The molecule has 106 valence electrons. The number of ether oxygens (including phenoxy) is 2. The summed E-state index contributed by atoms with van der Waals surface area (Å²) in [6.07, 6.45) is 2.21. The Balaban J connectivity index is 2.10. The molecule has 0 saturated carbocycles. The zero-order valence-electron chi connectivity index (χ0n) is 11.4. The number of carbonyl (C=O) groups excluding carboxylic acids is 1. The molecule has 19 heavy (non-hydrogen) atoms. The number of rotatable bonds is 10. The first kappa shape index (κ1) is 15.8. The summed E-state index contributed by atoms with van der Waals surface area (Å²) in [7, 11) is 0. The van der Waals surface area contributed by atoms with Gasteiger partial charge in [0.05, 0.1) is 13.2 Å². The Morgan fingerprint density at radius 1 is 1.16 bits per heavy atom. The predicted octanol–water partition coefficient (Wildman–Crippen LogP) is 2.77. The Hall–Kier alpha value is -1.26. The van der Waals surface area contributed by atoms with E-state index in [1.807, 2.05) is 0 Å². The lowest BCUT2D eigenvalue weighted by Crippen LogP contribution is -2.15. The molecule has 1 aromatic rings. The van der Waals surface area contributed by atoms with E-state index in [1.165, 1.54) is 6.07 Å². The van der Waals surface area contributed by atoms with E-state index < -0.39 is 0 Å². The van der Waals surface area contributed by atoms with Gasteiger partial charge in [-0.2, -0.15) is 0 Å². The van der Waals surface area contributed by atoms with Crippen molar-refractivity contribution in [2.45, 2.75) is 26.2 Å². The lowest BCUT2D eigenvalue weighted by atomic mass is 10.1. The largest absolute Gasteiger partial charge is 0.379 e. The van der Waals surface area contributed by atoms with Gasteiger partial charge >= 0.3 is 0 Å². The number of halogens is 1. The van der Waals surface area contributed by atoms with Gasteiger partial charge in [-0.15, -0.1) is 0 Å². The number of hydrogen-bond donors (Lipinski definition) is 0. The zero-order chi connectivity index (χ0) is 13.9. The second kappa shape index (κ2) is 9.64. The van der Waals surface area contributed by atoms with Crippen LogP contribution in [0.1, 0.15) is 25.3 Å². The molecule has 0 aromatic heterocycles. The molecule has 0 heterocycles. The highest BCUT2D eigenvalue weighted by Gasteiger charge is 2.07. The fraction of sp³-hybridized carbons (Fsp3) is 0.533. The molecular formula is C15H21FO3. The van der Waals surface area contributed by atoms with Crippen LogP contribution in [0.25, 0.3) is 0 Å². The Morgan fingerprint density at radius 3 is 2.63 bits per heavy atom. The highest BCUT2D eigenvalue weighted by atomic mass is 19.1. The van der Waals surface area contributed by atoms with Crippen molar-refractivity contribution in [2.24, 2.45) is 0 Å². The summed E-state index contributed by atoms with van der Waals surface area (Å²) in [5, 5.41) is 0. The topological polar surface area (TPSA) is 35.5 Å². The van der Waals surface area contributed by atoms with E-state index in [0.29, 0.717) is 18.8 Å². The summed E-state index contributed by atoms with van der Waals surface area (Å²) in [6.45, 7) is 3.72. The molecule has 0 radical (unpaired) electrons. The highest BCUT2D eigenvalue weighted by molar-refractivity contribution is 5.82. The van der Waals surface area contributed by atoms with Gasteiger partial charge in [-0.3, -0.25) is 4.79 Å². The van der Waals surface area contributed by atoms with E-state index in [0.717, 1.165) is 19.4 Å². The first-order valence-corrected chi connectivity index (χ1v) is 6.64. The first-order valence-electron chi connectivity index (χ1n) is 6.64. The molecule has 1 aromatic carbocycles. The van der Waals surface area contributed by atoms with E-state index in [4.69, 9.17) is 9.47 Å². The van der Waals surface area contributed by atoms with E-state index >= 15 is 0 Å². The molecule has 0 aliphatic heterocycles. The maximum atomic E-state index is 13.3. The minimum atomic E-state index is -0.348. The molecule has 0 atom stereocenters. The van der Waals surface area contributed by atoms with Crippen molar-refractivity contribution in [2.75, 3.05) is 26.4 Å². The van der Waals surface area contributed by atoms with E-state index in [-0.39, 0.29) is 24.6 Å². The third kappa shape index (κ3) is 7.03. The van der Waals surface area contributed by atoms with Crippen molar-refractivity contribution in [3.05, 3.63) is 35.6 Å². The highest BCUT2D eigenvalue weighted by Crippen LogP contribution is 2.07. The number of benzene rings is 1. The Morgan fingerprint density at radius 2 is 1.89 bits per heavy atom. The van der Waals surface area contributed by atoms with Gasteiger partial charge in [-0.1, -0.05) is 31.5 Å². The molecule has 0 spiro atoms. The molecule has 0 amide bonds. The molecule has 3 nitrogen and oxygen atoms in total. The molecule has 0 aliphatic rings. The molecule has 0 unspecified atom stereocenters. The summed E-state index contributed by atoms with van der Waals surface area (Å²) in [5.74, 6) is -0.475. The van der Waals surface area contributed by atoms with E-state index in [9.17, 15) is 9.18 Å². The average Bonchev–Trinajstić information content (AvgIpc) is 2.40. The summed E-state index contributed by atoms with van der Waals surface area (Å²) >= 11 is 0. The van der Waals surface area contributed by atoms with Crippen LogP contribution in [0.5, 0.6) is 0 Å². The van der Waals surface area contributed by atoms with Crippen molar-refractivity contribution in [1.29, 1.82) is 0 Å². The Labute approximate surface area is 113 Å². The lowest BCUT2D eigenvalue weighted by molar-refractivity contribution is -0.123. The van der Waals surface area contributed by atoms with Crippen molar-refractivity contribution < 1.29 is 18.7 Å². The van der Waals surface area contributed by atoms with Crippen LogP contribution in [0.4, 0.5) is 4.39 Å². The van der Waals surface area contributed by atoms with Gasteiger partial charge in [-0.05, 0) is 18.1 Å². The van der Waals surface area contributed by atoms with Crippen LogP contribution in [0.3, 0.4) is 0 Å². The SMILES string of the molecule is CCCCOCCOCC(=O)Cc1ccccc1F. The number of unbranched alkanes of at least 4 members (excludes halogenated alkanes) is 1. The van der Waals surface area contributed by atoms with Gasteiger partial charge in [0.2, 0.25) is 0 Å². The lowest BCUT2D eigenvalue weighted by Gasteiger charge is -2.05. The van der Waals surface area contributed by atoms with Crippen LogP contribution in [0, 0.1) is 5.82 Å². The van der Waals surface area contributed by atoms with Crippen molar-refractivity contribution >= 4 is 5.78 Å². The second-order valence-corrected chi connectivity index (χ2v) is 4.33. The summed E-state index contributed by atoms with van der Waals surface area (Å²) in [5.41, 5.74) is 0.412. The first-order chi connectivity index (χ1) is 9.24. The fourth-order valence-corrected chi connectivity index (χ4v) is 1.56. The van der Waals surface area contributed by atoms with Crippen LogP contribution in [-0.4, -0.2) is 32.2 Å². The predicted molar refractivity (Wildman–Crippen MR) is 71.7 cm³/mol.